The first kappa shape index (κ1) is 28.9. The van der Waals surface area contributed by atoms with E-state index in [1.165, 1.54) is 30.9 Å². The van der Waals surface area contributed by atoms with Crippen LogP contribution in [0.4, 0.5) is 0 Å². The highest BCUT2D eigenvalue weighted by Gasteiger charge is 2.54. The predicted octanol–water partition coefficient (Wildman–Crippen LogP) is -0.0549. The van der Waals surface area contributed by atoms with Gasteiger partial charge >= 0.3 is 13.5 Å². The fraction of sp³-hybridized carbons (Fsp3) is 0.526. The van der Waals surface area contributed by atoms with Crippen LogP contribution in [0.25, 0.3) is 11.2 Å². The summed E-state index contributed by atoms with van der Waals surface area (Å²) in [4.78, 5) is 45.8. The Morgan fingerprint density at radius 2 is 2.17 bits per heavy atom. The molecule has 7 atom stereocenters. The molecule has 220 valence electrons. The number of aromatic nitrogens is 4. The van der Waals surface area contributed by atoms with Crippen molar-refractivity contribution in [3.05, 3.63) is 18.3 Å². The lowest BCUT2D eigenvalue weighted by Crippen LogP contribution is -2.53. The van der Waals surface area contributed by atoms with Gasteiger partial charge < -0.3 is 23.5 Å². The third-order valence-corrected chi connectivity index (χ3v) is 9.69. The molecular weight excluding hydrogens is 624 g/mol. The maximum Gasteiger partial charge on any atom is 0.386 e. The maximum atomic E-state index is 13.0. The fourth-order valence-electron chi connectivity index (χ4n) is 4.74. The molecule has 18 nitrogen and oxygen atoms in total. The zero-order chi connectivity index (χ0) is 28.9. The summed E-state index contributed by atoms with van der Waals surface area (Å²) in [6.07, 6.45) is -0.0494. The van der Waals surface area contributed by atoms with E-state index in [-0.39, 0.29) is 38.2 Å². The lowest BCUT2D eigenvalue weighted by atomic mass is 10.1. The summed E-state index contributed by atoms with van der Waals surface area (Å²) in [6.45, 7) is -8.49. The first-order valence-electron chi connectivity index (χ1n) is 12.0. The minimum absolute atomic E-state index is 0.0911. The summed E-state index contributed by atoms with van der Waals surface area (Å²) in [5.41, 5.74) is 0.897. The Morgan fingerprint density at radius 1 is 1.34 bits per heavy atom. The van der Waals surface area contributed by atoms with Gasteiger partial charge in [0.1, 0.15) is 42.6 Å². The second kappa shape index (κ2) is 11.1. The van der Waals surface area contributed by atoms with Crippen LogP contribution in [0.2, 0.25) is 0 Å². The number of aliphatic imine (C=N–C) groups is 2. The zero-order valence-corrected chi connectivity index (χ0v) is 24.5. The number of thiol groups is 1. The number of amidine groups is 1. The number of fused-ring (bicyclic) bond motifs is 6. The van der Waals surface area contributed by atoms with Gasteiger partial charge in [0.15, 0.2) is 23.8 Å². The third-order valence-electron chi connectivity index (χ3n) is 6.47. The molecule has 2 aromatic heterocycles. The van der Waals surface area contributed by atoms with Crippen molar-refractivity contribution in [3.63, 3.8) is 0 Å². The molecule has 0 radical (unpaired) electrons. The molecule has 0 aliphatic carbocycles. The van der Waals surface area contributed by atoms with Crippen molar-refractivity contribution in [1.82, 2.24) is 29.7 Å². The van der Waals surface area contributed by atoms with E-state index in [1.807, 2.05) is 0 Å². The molecule has 3 N–H and O–H groups in total. The van der Waals surface area contributed by atoms with Gasteiger partial charge in [0.25, 0.3) is 5.91 Å². The molecule has 2 bridgehead atoms. The number of amides is 1. The first-order valence-corrected chi connectivity index (χ1v) is 17.2. The van der Waals surface area contributed by atoms with E-state index < -0.39 is 50.0 Å². The van der Waals surface area contributed by atoms with Gasteiger partial charge in [0.2, 0.25) is 5.96 Å². The fourth-order valence-corrected chi connectivity index (χ4v) is 7.24. The second-order valence-corrected chi connectivity index (χ2v) is 14.7. The molecule has 1 saturated heterocycles. The van der Waals surface area contributed by atoms with Crippen LogP contribution in [0.3, 0.4) is 0 Å². The molecule has 2 aromatic rings. The summed E-state index contributed by atoms with van der Waals surface area (Å²) in [7, 11) is 1.37. The minimum atomic E-state index is -4.02. The summed E-state index contributed by atoms with van der Waals surface area (Å²) in [5, 5.41) is 10.1. The topological polar surface area (TPSA) is 217 Å². The smallest absolute Gasteiger partial charge is 0.376 e. The second-order valence-electron chi connectivity index (χ2n) is 8.97. The first-order chi connectivity index (χ1) is 19.5. The van der Waals surface area contributed by atoms with Crippen molar-refractivity contribution in [2.24, 2.45) is 9.98 Å². The average molecular weight is 648 g/mol. The largest absolute Gasteiger partial charge is 0.386 e. The number of guanidine groups is 1. The number of hydrogen-bond donors (Lipinski definition) is 4. The number of nitrogens with zero attached hydrogens (tertiary/aromatic N) is 7. The van der Waals surface area contributed by atoms with Crippen molar-refractivity contribution >= 4 is 72.8 Å². The SMILES string of the molecule is CO[C@H]1[C@H]2OP(O)(=S)OCc3nc4cncnc4n3CCOP(=O)(S)OC[C@H]1O[C@H]2N1C=NC2C(=O)NC(=N)N=C21. The molecule has 41 heavy (non-hydrogen) atoms. The predicted molar refractivity (Wildman–Crippen MR) is 147 cm³/mol. The maximum absolute atomic E-state index is 13.0. The van der Waals surface area contributed by atoms with Gasteiger partial charge in [0, 0.05) is 13.7 Å². The van der Waals surface area contributed by atoms with Gasteiger partial charge in [0.05, 0.1) is 25.7 Å². The van der Waals surface area contributed by atoms with Crippen molar-refractivity contribution < 1.29 is 41.8 Å². The number of carbonyl (C=O) groups excluding carboxylic acids is 1. The molecular formula is C19H23N9O9P2S2. The monoisotopic (exact) mass is 647 g/mol. The molecule has 22 heteroatoms. The van der Waals surface area contributed by atoms with Gasteiger partial charge in [-0.1, -0.05) is 12.2 Å². The van der Waals surface area contributed by atoms with Crippen LogP contribution in [0.5, 0.6) is 0 Å². The van der Waals surface area contributed by atoms with Crippen molar-refractivity contribution in [2.75, 3.05) is 20.3 Å². The van der Waals surface area contributed by atoms with Crippen LogP contribution in [0.15, 0.2) is 22.5 Å². The third kappa shape index (κ3) is 5.74. The van der Waals surface area contributed by atoms with Crippen molar-refractivity contribution in [1.29, 1.82) is 5.41 Å². The number of nitrogens with one attached hydrogen (secondary N) is 2. The van der Waals surface area contributed by atoms with Crippen LogP contribution in [-0.4, -0.2) is 104 Å². The normalized spacial score (nSPS) is 36.3. The van der Waals surface area contributed by atoms with E-state index in [4.69, 9.17) is 44.8 Å². The summed E-state index contributed by atoms with van der Waals surface area (Å²) in [6, 6.07) is -1.03. The Morgan fingerprint density at radius 3 is 2.98 bits per heavy atom. The Hall–Kier alpha value is -2.22. The van der Waals surface area contributed by atoms with E-state index in [1.54, 1.807) is 4.57 Å². The molecule has 0 saturated carbocycles. The van der Waals surface area contributed by atoms with E-state index in [2.05, 4.69) is 42.5 Å². The highest BCUT2D eigenvalue weighted by molar-refractivity contribution is 8.44. The molecule has 4 aliphatic rings. The molecule has 4 aliphatic heterocycles. The van der Waals surface area contributed by atoms with Crippen molar-refractivity contribution in [2.45, 2.75) is 43.7 Å². The Bertz CT molecular complexity index is 1560. The molecule has 0 spiro atoms. The molecule has 1 amide bonds. The van der Waals surface area contributed by atoms with E-state index >= 15 is 0 Å². The Balaban J connectivity index is 1.35. The molecule has 6 heterocycles. The number of hydrogen-bond acceptors (Lipinski definition) is 15. The molecule has 1 fully saturated rings. The number of ether oxygens (including phenoxy) is 2. The Kier molecular flexibility index (Phi) is 7.84. The summed E-state index contributed by atoms with van der Waals surface area (Å²) >= 11 is 9.44. The van der Waals surface area contributed by atoms with Gasteiger partial charge in [-0.3, -0.25) is 39.0 Å². The summed E-state index contributed by atoms with van der Waals surface area (Å²) in [5.74, 6) is -0.533. The molecule has 3 unspecified atom stereocenters. The van der Waals surface area contributed by atoms with E-state index in [0.717, 1.165) is 0 Å². The van der Waals surface area contributed by atoms with Crippen molar-refractivity contribution in [3.8, 4) is 0 Å². The number of imidazole rings is 1. The van der Waals surface area contributed by atoms with Crippen LogP contribution in [0.1, 0.15) is 5.82 Å². The van der Waals surface area contributed by atoms with E-state index in [0.29, 0.717) is 17.0 Å². The minimum Gasteiger partial charge on any atom is -0.376 e. The van der Waals surface area contributed by atoms with Gasteiger partial charge in [-0.25, -0.2) is 19.5 Å². The van der Waals surface area contributed by atoms with Crippen LogP contribution in [0, 0.1) is 5.41 Å². The lowest BCUT2D eigenvalue weighted by molar-refractivity contribution is -0.119. The van der Waals surface area contributed by atoms with Gasteiger partial charge in [-0.05, 0) is 11.8 Å². The quantitative estimate of drug-likeness (QED) is 0.248. The van der Waals surface area contributed by atoms with Gasteiger partial charge in [-0.2, -0.15) is 4.99 Å². The zero-order valence-electron chi connectivity index (χ0n) is 21.0. The molecule has 0 aromatic carbocycles. The summed E-state index contributed by atoms with van der Waals surface area (Å²) < 4.78 is 49.1. The standard InChI is InChI=1S/C19H23N9O9P2S2/c1-32-13-10-5-34-38(30,40)33-3-2-27-11(24-9-4-21-7-22-15(9)27)6-35-39(31,41)37-14(13)18(36-10)28-8-23-12-16(28)25-19(20)26-17(12)29/h4,7-8,10,12-14,18H,2-3,5-6H2,1H3,(H,30,40)(H,31,41)(H2,20,26,29)/t10-,12?,13-,14-,18-,38?,39?/m1/s1. The molecule has 6 rings (SSSR count). The van der Waals surface area contributed by atoms with Gasteiger partial charge in [-0.15, -0.1) is 0 Å². The lowest BCUT2D eigenvalue weighted by Gasteiger charge is -2.32. The van der Waals surface area contributed by atoms with Crippen LogP contribution < -0.4 is 5.32 Å². The Labute approximate surface area is 241 Å². The number of methoxy groups -OCH3 is 1. The average Bonchev–Trinajstić information content (AvgIpc) is 3.59. The number of carbonyl (C=O) groups is 1. The van der Waals surface area contributed by atoms with E-state index in [9.17, 15) is 14.3 Å². The highest BCUT2D eigenvalue weighted by atomic mass is 32.7. The highest BCUT2D eigenvalue weighted by Crippen LogP contribution is 2.54. The van der Waals surface area contributed by atoms with Crippen LogP contribution in [-0.2, 0) is 61.9 Å². The van der Waals surface area contributed by atoms with Crippen LogP contribution >= 0.6 is 25.8 Å². The number of rotatable bonds is 2.